The molecule has 0 aliphatic rings. The van der Waals surface area contributed by atoms with Crippen LogP contribution >= 0.6 is 0 Å². The second-order valence-corrected chi connectivity index (χ2v) is 6.12. The first-order valence-corrected chi connectivity index (χ1v) is 8.79. The largest absolute Gasteiger partial charge is 0.497 e. The summed E-state index contributed by atoms with van der Waals surface area (Å²) in [5.41, 5.74) is 2.42. The second-order valence-electron chi connectivity index (χ2n) is 6.12. The van der Waals surface area contributed by atoms with Crippen molar-refractivity contribution < 1.29 is 29.3 Å². The first-order chi connectivity index (χ1) is 13.9. The lowest BCUT2D eigenvalue weighted by atomic mass is 10.1. The zero-order valence-electron chi connectivity index (χ0n) is 16.2. The molecule has 0 aliphatic carbocycles. The van der Waals surface area contributed by atoms with Crippen LogP contribution in [0.25, 0.3) is 10.8 Å². The van der Waals surface area contributed by atoms with E-state index in [0.717, 1.165) is 30.2 Å². The van der Waals surface area contributed by atoms with E-state index in [4.69, 9.17) is 29.3 Å². The summed E-state index contributed by atoms with van der Waals surface area (Å²) in [6.45, 7) is 1.59. The van der Waals surface area contributed by atoms with Crippen molar-refractivity contribution in [3.05, 3.63) is 71.8 Å². The highest BCUT2D eigenvalue weighted by molar-refractivity contribution is 6.27. The number of methoxy groups -OCH3 is 2. The molecule has 0 saturated heterocycles. The number of rotatable bonds is 6. The summed E-state index contributed by atoms with van der Waals surface area (Å²) >= 11 is 0. The molecule has 152 valence electrons. The summed E-state index contributed by atoms with van der Waals surface area (Å²) in [5, 5.41) is 20.8. The molecule has 0 atom stereocenters. The third kappa shape index (κ3) is 6.82. The fourth-order valence-corrected chi connectivity index (χ4v) is 2.67. The van der Waals surface area contributed by atoms with Gasteiger partial charge in [-0.2, -0.15) is 0 Å². The highest BCUT2D eigenvalue weighted by Gasteiger charge is 2.04. The molecule has 0 aliphatic heterocycles. The lowest BCUT2D eigenvalue weighted by molar-refractivity contribution is -0.159. The molecule has 7 nitrogen and oxygen atoms in total. The predicted molar refractivity (Wildman–Crippen MR) is 109 cm³/mol. The Bertz CT molecular complexity index is 952. The highest BCUT2D eigenvalue weighted by Crippen LogP contribution is 2.22. The number of aliphatic carboxylic acids is 2. The Kier molecular flexibility index (Phi) is 8.00. The number of fused-ring (bicyclic) bond motifs is 1. The number of carboxylic acids is 2. The molecular formula is C22H23NO6. The van der Waals surface area contributed by atoms with Crippen LogP contribution in [0.5, 0.6) is 11.5 Å². The molecule has 3 aromatic rings. The van der Waals surface area contributed by atoms with Crippen LogP contribution in [0.4, 0.5) is 0 Å². The first-order valence-electron chi connectivity index (χ1n) is 8.79. The second kappa shape index (κ2) is 10.7. The Balaban J connectivity index is 0.000000438. The van der Waals surface area contributed by atoms with Gasteiger partial charge in [-0.3, -0.25) is 0 Å². The maximum atomic E-state index is 9.10. The van der Waals surface area contributed by atoms with E-state index >= 15 is 0 Å². The number of carboxylic acid groups (broad SMARTS) is 2. The number of hydrogen-bond donors (Lipinski definition) is 3. The minimum atomic E-state index is -1.82. The maximum absolute atomic E-state index is 9.10. The maximum Gasteiger partial charge on any atom is 0.414 e. The standard InChI is InChI=1S/C20H21NO2.C2H2O4/c1-22-19-10-16(11-20(12-19)23-2)14-21-13-15-7-8-17-5-3-4-6-18(17)9-15;3-1(4)2(5)6/h3-12,21H,13-14H2,1-2H3;(H,3,4)(H,5,6). The van der Waals surface area contributed by atoms with Crippen molar-refractivity contribution in [3.63, 3.8) is 0 Å². The molecule has 0 amide bonds. The van der Waals surface area contributed by atoms with Gasteiger partial charge in [0.15, 0.2) is 0 Å². The third-order valence-electron chi connectivity index (χ3n) is 4.07. The first kappa shape index (κ1) is 21.7. The predicted octanol–water partition coefficient (Wildman–Crippen LogP) is 3.30. The van der Waals surface area contributed by atoms with Crippen LogP contribution < -0.4 is 14.8 Å². The van der Waals surface area contributed by atoms with E-state index in [-0.39, 0.29) is 0 Å². The van der Waals surface area contributed by atoms with E-state index < -0.39 is 11.9 Å². The molecule has 3 rings (SSSR count). The van der Waals surface area contributed by atoms with E-state index in [1.54, 1.807) is 14.2 Å². The number of benzene rings is 3. The molecule has 7 heteroatoms. The van der Waals surface area contributed by atoms with E-state index in [0.29, 0.717) is 0 Å². The van der Waals surface area contributed by atoms with Crippen molar-refractivity contribution in [2.45, 2.75) is 13.1 Å². The minimum absolute atomic E-state index is 0.764. The quantitative estimate of drug-likeness (QED) is 0.548. The number of hydrogen-bond acceptors (Lipinski definition) is 5. The number of carbonyl (C=O) groups is 2. The van der Waals surface area contributed by atoms with Gasteiger partial charge in [-0.1, -0.05) is 36.4 Å². The van der Waals surface area contributed by atoms with Crippen molar-refractivity contribution in [2.75, 3.05) is 14.2 Å². The Morgan fingerprint density at radius 2 is 1.31 bits per heavy atom. The minimum Gasteiger partial charge on any atom is -0.497 e. The van der Waals surface area contributed by atoms with Gasteiger partial charge < -0.3 is 25.0 Å². The Morgan fingerprint density at radius 1 is 0.759 bits per heavy atom. The Labute approximate surface area is 168 Å². The number of nitrogens with one attached hydrogen (secondary N) is 1. The van der Waals surface area contributed by atoms with Crippen molar-refractivity contribution in [1.82, 2.24) is 5.32 Å². The van der Waals surface area contributed by atoms with Crippen LogP contribution in [0.2, 0.25) is 0 Å². The molecule has 0 radical (unpaired) electrons. The van der Waals surface area contributed by atoms with Crippen molar-refractivity contribution >= 4 is 22.7 Å². The van der Waals surface area contributed by atoms with Crippen LogP contribution in [-0.2, 0) is 22.7 Å². The zero-order chi connectivity index (χ0) is 21.2. The normalized spacial score (nSPS) is 10.0. The molecule has 0 bridgehead atoms. The summed E-state index contributed by atoms with van der Waals surface area (Å²) in [7, 11) is 3.34. The monoisotopic (exact) mass is 397 g/mol. The molecule has 0 aromatic heterocycles. The summed E-state index contributed by atoms with van der Waals surface area (Å²) < 4.78 is 10.6. The van der Waals surface area contributed by atoms with Gasteiger partial charge in [0.05, 0.1) is 14.2 Å². The molecule has 29 heavy (non-hydrogen) atoms. The van der Waals surface area contributed by atoms with Crippen LogP contribution in [0.15, 0.2) is 60.7 Å². The number of ether oxygens (including phenoxy) is 2. The van der Waals surface area contributed by atoms with Gasteiger partial charge in [-0.25, -0.2) is 9.59 Å². The van der Waals surface area contributed by atoms with Crippen molar-refractivity contribution in [2.24, 2.45) is 0 Å². The summed E-state index contributed by atoms with van der Waals surface area (Å²) in [6, 6.07) is 20.9. The van der Waals surface area contributed by atoms with Crippen molar-refractivity contribution in [1.29, 1.82) is 0 Å². The molecule has 0 spiro atoms. The average molecular weight is 397 g/mol. The van der Waals surface area contributed by atoms with Crippen molar-refractivity contribution in [3.8, 4) is 11.5 Å². The van der Waals surface area contributed by atoms with Gasteiger partial charge in [0.2, 0.25) is 0 Å². The molecule has 0 unspecified atom stereocenters. The molecular weight excluding hydrogens is 374 g/mol. The van der Waals surface area contributed by atoms with E-state index in [1.807, 2.05) is 18.2 Å². The fraction of sp³-hybridized carbons (Fsp3) is 0.182. The van der Waals surface area contributed by atoms with Gasteiger partial charge in [-0.15, -0.1) is 0 Å². The zero-order valence-corrected chi connectivity index (χ0v) is 16.2. The summed E-state index contributed by atoms with van der Waals surface area (Å²) in [5.74, 6) is -2.02. The van der Waals surface area contributed by atoms with Gasteiger partial charge in [0.1, 0.15) is 11.5 Å². The van der Waals surface area contributed by atoms with E-state index in [9.17, 15) is 0 Å². The average Bonchev–Trinajstić information content (AvgIpc) is 2.73. The molecule has 0 heterocycles. The Hall–Kier alpha value is -3.58. The lowest BCUT2D eigenvalue weighted by Gasteiger charge is -2.10. The van der Waals surface area contributed by atoms with Crippen LogP contribution in [0.1, 0.15) is 11.1 Å². The molecule has 3 N–H and O–H groups in total. The van der Waals surface area contributed by atoms with Crippen LogP contribution in [0, 0.1) is 0 Å². The van der Waals surface area contributed by atoms with E-state index in [2.05, 4.69) is 47.8 Å². The smallest absolute Gasteiger partial charge is 0.414 e. The topological polar surface area (TPSA) is 105 Å². The van der Waals surface area contributed by atoms with Gasteiger partial charge >= 0.3 is 11.9 Å². The lowest BCUT2D eigenvalue weighted by Crippen LogP contribution is -2.12. The fourth-order valence-electron chi connectivity index (χ4n) is 2.67. The highest BCUT2D eigenvalue weighted by atomic mass is 16.5. The summed E-state index contributed by atoms with van der Waals surface area (Å²) in [4.78, 5) is 18.2. The van der Waals surface area contributed by atoms with Crippen LogP contribution in [-0.4, -0.2) is 36.4 Å². The van der Waals surface area contributed by atoms with Crippen LogP contribution in [0.3, 0.4) is 0 Å². The summed E-state index contributed by atoms with van der Waals surface area (Å²) in [6.07, 6.45) is 0. The third-order valence-corrected chi connectivity index (χ3v) is 4.07. The molecule has 0 fully saturated rings. The SMILES string of the molecule is COc1cc(CNCc2ccc3ccccc3c2)cc(OC)c1.O=C(O)C(=O)O. The molecule has 0 saturated carbocycles. The van der Waals surface area contributed by atoms with E-state index in [1.165, 1.54) is 16.3 Å². The van der Waals surface area contributed by atoms with Gasteiger partial charge in [-0.05, 0) is 40.1 Å². The van der Waals surface area contributed by atoms with Gasteiger partial charge in [0.25, 0.3) is 0 Å². The Morgan fingerprint density at radius 3 is 1.86 bits per heavy atom. The van der Waals surface area contributed by atoms with Gasteiger partial charge in [0, 0.05) is 19.2 Å². The molecule has 3 aromatic carbocycles.